The predicted octanol–water partition coefficient (Wildman–Crippen LogP) is 4.00. The van der Waals surface area contributed by atoms with Crippen LogP contribution in [0.1, 0.15) is 35.2 Å². The highest BCUT2D eigenvalue weighted by Gasteiger charge is 2.44. The normalized spacial score (nSPS) is 18.0. The number of nitro groups is 1. The largest absolute Gasteiger partial charge is 0.486 e. The highest BCUT2D eigenvalue weighted by molar-refractivity contribution is 6.32. The fourth-order valence-electron chi connectivity index (χ4n) is 3.76. The van der Waals surface area contributed by atoms with E-state index in [-0.39, 0.29) is 28.9 Å². The van der Waals surface area contributed by atoms with Gasteiger partial charge in [0.15, 0.2) is 5.78 Å². The number of aryl methyl sites for hydroxylation is 1. The van der Waals surface area contributed by atoms with E-state index in [9.17, 15) is 14.9 Å². The van der Waals surface area contributed by atoms with Gasteiger partial charge in [-0.3, -0.25) is 14.9 Å². The smallest absolute Gasteiger partial charge is 0.348 e. The molecule has 4 rings (SSSR count). The molecule has 0 radical (unpaired) electrons. The SMILES string of the molecule is Cc1cc2c(cc1Cl)C(=O)CC1(CCN(c3ncnc(Cl)c3[N+](=O)[O-])CC1)O2. The molecule has 146 valence electrons. The average molecular weight is 423 g/mol. The molecule has 28 heavy (non-hydrogen) atoms. The van der Waals surface area contributed by atoms with Gasteiger partial charge in [0.2, 0.25) is 11.0 Å². The number of benzene rings is 1. The van der Waals surface area contributed by atoms with Gasteiger partial charge in [-0.25, -0.2) is 9.97 Å². The first kappa shape index (κ1) is 18.9. The van der Waals surface area contributed by atoms with E-state index in [0.717, 1.165) is 5.56 Å². The van der Waals surface area contributed by atoms with Crippen molar-refractivity contribution in [1.29, 1.82) is 0 Å². The quantitative estimate of drug-likeness (QED) is 0.409. The summed E-state index contributed by atoms with van der Waals surface area (Å²) in [6, 6.07) is 3.45. The van der Waals surface area contributed by atoms with Crippen LogP contribution < -0.4 is 9.64 Å². The standard InChI is InChI=1S/C18H16Cl2N4O4/c1-10-6-14-11(7-12(10)19)13(25)8-18(28-14)2-4-23(5-3-18)17-15(24(26)27)16(20)21-9-22-17/h6-7,9H,2-5,8H2,1H3. The molecular formula is C18H16Cl2N4O4. The van der Waals surface area contributed by atoms with Crippen LogP contribution in [0.4, 0.5) is 11.5 Å². The Hall–Kier alpha value is -2.45. The van der Waals surface area contributed by atoms with Crippen molar-refractivity contribution in [3.05, 3.63) is 49.9 Å². The summed E-state index contributed by atoms with van der Waals surface area (Å²) in [4.78, 5) is 33.0. The summed E-state index contributed by atoms with van der Waals surface area (Å²) in [6.45, 7) is 2.76. The Morgan fingerprint density at radius 3 is 2.64 bits per heavy atom. The van der Waals surface area contributed by atoms with Gasteiger partial charge in [0.05, 0.1) is 16.9 Å². The van der Waals surface area contributed by atoms with Crippen molar-refractivity contribution in [2.24, 2.45) is 0 Å². The second-order valence-corrected chi connectivity index (χ2v) is 7.83. The molecule has 2 aromatic rings. The molecule has 0 unspecified atom stereocenters. The van der Waals surface area contributed by atoms with E-state index in [0.29, 0.717) is 42.3 Å². The third kappa shape index (κ3) is 3.16. The monoisotopic (exact) mass is 422 g/mol. The fourth-order valence-corrected chi connectivity index (χ4v) is 4.12. The Bertz CT molecular complexity index is 990. The molecule has 1 saturated heterocycles. The van der Waals surface area contributed by atoms with Crippen LogP contribution in [0.3, 0.4) is 0 Å². The van der Waals surface area contributed by atoms with Crippen molar-refractivity contribution in [3.8, 4) is 5.75 Å². The van der Waals surface area contributed by atoms with Gasteiger partial charge in [0.1, 0.15) is 17.7 Å². The number of ketones is 1. The van der Waals surface area contributed by atoms with Gasteiger partial charge in [-0.15, -0.1) is 0 Å². The molecule has 0 bridgehead atoms. The van der Waals surface area contributed by atoms with Crippen LogP contribution in [0.5, 0.6) is 5.75 Å². The Morgan fingerprint density at radius 1 is 1.25 bits per heavy atom. The van der Waals surface area contributed by atoms with Crippen molar-refractivity contribution in [2.45, 2.75) is 31.8 Å². The molecule has 2 aliphatic rings. The molecule has 1 spiro atoms. The first-order valence-corrected chi connectivity index (χ1v) is 9.47. The van der Waals surface area contributed by atoms with Gasteiger partial charge in [0.25, 0.3) is 0 Å². The Kier molecular flexibility index (Phi) is 4.63. The van der Waals surface area contributed by atoms with E-state index < -0.39 is 10.5 Å². The number of nitrogens with zero attached hydrogens (tertiary/aromatic N) is 4. The van der Waals surface area contributed by atoms with Crippen LogP contribution in [-0.2, 0) is 0 Å². The van der Waals surface area contributed by atoms with Gasteiger partial charge in [-0.2, -0.15) is 0 Å². The Morgan fingerprint density at radius 2 is 1.96 bits per heavy atom. The Balaban J connectivity index is 1.58. The number of Topliss-reactive ketones (excluding diaryl/α,β-unsaturated/α-hetero) is 1. The zero-order valence-electron chi connectivity index (χ0n) is 14.9. The van der Waals surface area contributed by atoms with Crippen LogP contribution in [0.15, 0.2) is 18.5 Å². The van der Waals surface area contributed by atoms with Crippen LogP contribution in [0.25, 0.3) is 0 Å². The second kappa shape index (κ2) is 6.86. The molecule has 2 aliphatic heterocycles. The van der Waals surface area contributed by atoms with Crippen LogP contribution in [-0.4, -0.2) is 39.4 Å². The number of hydrogen-bond acceptors (Lipinski definition) is 7. The minimum Gasteiger partial charge on any atom is -0.486 e. The highest BCUT2D eigenvalue weighted by Crippen LogP contribution is 2.42. The van der Waals surface area contributed by atoms with Crippen molar-refractivity contribution in [2.75, 3.05) is 18.0 Å². The second-order valence-electron chi connectivity index (χ2n) is 7.06. The fraction of sp³-hybridized carbons (Fsp3) is 0.389. The maximum Gasteiger partial charge on any atom is 0.348 e. The molecule has 0 saturated carbocycles. The number of rotatable bonds is 2. The van der Waals surface area contributed by atoms with E-state index in [2.05, 4.69) is 9.97 Å². The first-order valence-electron chi connectivity index (χ1n) is 8.72. The summed E-state index contributed by atoms with van der Waals surface area (Å²) in [5.41, 5.74) is 0.402. The number of piperidine rings is 1. The molecular weight excluding hydrogens is 407 g/mol. The number of aromatic nitrogens is 2. The number of hydrogen-bond donors (Lipinski definition) is 0. The lowest BCUT2D eigenvalue weighted by Gasteiger charge is -2.44. The predicted molar refractivity (Wildman–Crippen MR) is 104 cm³/mol. The Labute approximate surface area is 170 Å². The lowest BCUT2D eigenvalue weighted by atomic mass is 9.82. The molecule has 1 fully saturated rings. The van der Waals surface area contributed by atoms with Crippen LogP contribution in [0.2, 0.25) is 10.2 Å². The van der Waals surface area contributed by atoms with Crippen molar-refractivity contribution in [1.82, 2.24) is 9.97 Å². The molecule has 0 amide bonds. The molecule has 10 heteroatoms. The number of anilines is 1. The molecule has 0 aliphatic carbocycles. The zero-order chi connectivity index (χ0) is 20.1. The number of halogens is 2. The van der Waals surface area contributed by atoms with Crippen molar-refractivity contribution >= 4 is 40.5 Å². The number of carbonyl (C=O) groups is 1. The third-order valence-electron chi connectivity index (χ3n) is 5.29. The summed E-state index contributed by atoms with van der Waals surface area (Å²) in [5, 5.41) is 11.7. The summed E-state index contributed by atoms with van der Waals surface area (Å²) in [5.74, 6) is 0.723. The van der Waals surface area contributed by atoms with Gasteiger partial charge < -0.3 is 9.64 Å². The van der Waals surface area contributed by atoms with E-state index in [1.54, 1.807) is 17.0 Å². The summed E-state index contributed by atoms with van der Waals surface area (Å²) in [6.07, 6.45) is 2.51. The van der Waals surface area contributed by atoms with Gasteiger partial charge >= 0.3 is 5.69 Å². The third-order valence-corrected chi connectivity index (χ3v) is 5.97. The average Bonchev–Trinajstić information content (AvgIpc) is 2.64. The van der Waals surface area contributed by atoms with Crippen molar-refractivity contribution in [3.63, 3.8) is 0 Å². The maximum atomic E-state index is 12.7. The van der Waals surface area contributed by atoms with Crippen molar-refractivity contribution < 1.29 is 14.5 Å². The summed E-state index contributed by atoms with van der Waals surface area (Å²) in [7, 11) is 0. The van der Waals surface area contributed by atoms with Gasteiger partial charge in [0, 0.05) is 31.0 Å². The number of ether oxygens (including phenoxy) is 1. The lowest BCUT2D eigenvalue weighted by Crippen LogP contribution is -2.51. The first-order chi connectivity index (χ1) is 13.3. The van der Waals surface area contributed by atoms with Crippen LogP contribution in [0, 0.1) is 17.0 Å². The maximum absolute atomic E-state index is 12.7. The van der Waals surface area contributed by atoms with E-state index in [1.165, 1.54) is 6.33 Å². The van der Waals surface area contributed by atoms with E-state index in [4.69, 9.17) is 27.9 Å². The van der Waals surface area contributed by atoms with Gasteiger partial charge in [-0.1, -0.05) is 23.2 Å². The highest BCUT2D eigenvalue weighted by atomic mass is 35.5. The molecule has 8 nitrogen and oxygen atoms in total. The summed E-state index contributed by atoms with van der Waals surface area (Å²) >= 11 is 12.0. The summed E-state index contributed by atoms with van der Waals surface area (Å²) < 4.78 is 6.25. The zero-order valence-corrected chi connectivity index (χ0v) is 16.5. The van der Waals surface area contributed by atoms with Crippen LogP contribution >= 0.6 is 23.2 Å². The minimum absolute atomic E-state index is 0.00680. The minimum atomic E-state index is -0.632. The topological polar surface area (TPSA) is 98.5 Å². The number of fused-ring (bicyclic) bond motifs is 1. The lowest BCUT2D eigenvalue weighted by molar-refractivity contribution is -0.384. The number of carbonyl (C=O) groups excluding carboxylic acids is 1. The van der Waals surface area contributed by atoms with E-state index in [1.807, 2.05) is 6.92 Å². The molecule has 0 atom stereocenters. The molecule has 0 N–H and O–H groups in total. The molecule has 1 aromatic heterocycles. The molecule has 3 heterocycles. The van der Waals surface area contributed by atoms with E-state index >= 15 is 0 Å². The van der Waals surface area contributed by atoms with Gasteiger partial charge in [-0.05, 0) is 24.6 Å². The molecule has 1 aromatic carbocycles.